The van der Waals surface area contributed by atoms with Gasteiger partial charge in [-0.05, 0) is 29.8 Å². The fourth-order valence-corrected chi connectivity index (χ4v) is 5.97. The largest absolute Gasteiger partial charge is 0.454 e. The number of benzene rings is 2. The van der Waals surface area contributed by atoms with Crippen LogP contribution in [0.3, 0.4) is 0 Å². The van der Waals surface area contributed by atoms with E-state index in [0.29, 0.717) is 11.5 Å². The number of rotatable bonds is 5. The molecule has 2 aromatic carbocycles. The van der Waals surface area contributed by atoms with Gasteiger partial charge in [0.1, 0.15) is 0 Å². The Morgan fingerprint density at radius 1 is 1.16 bits per heavy atom. The van der Waals surface area contributed by atoms with Crippen LogP contribution in [-0.2, 0) is 14.6 Å². The molecule has 0 radical (unpaired) electrons. The molecule has 3 atom stereocenters. The van der Waals surface area contributed by atoms with Crippen LogP contribution in [-0.4, -0.2) is 39.7 Å². The zero-order valence-electron chi connectivity index (χ0n) is 13.7. The highest BCUT2D eigenvalue weighted by Gasteiger charge is 2.69. The smallest absolute Gasteiger partial charge is 0.231 e. The van der Waals surface area contributed by atoms with Gasteiger partial charge in [0.05, 0.1) is 22.3 Å². The van der Waals surface area contributed by atoms with E-state index in [-0.39, 0.29) is 24.2 Å². The number of nitrogens with two attached hydrogens (primary N) is 1. The van der Waals surface area contributed by atoms with E-state index in [2.05, 4.69) is 0 Å². The monoisotopic (exact) mass is 361 g/mol. The third-order valence-electron chi connectivity index (χ3n) is 4.86. The minimum atomic E-state index is -3.58. The molecule has 1 aliphatic carbocycles. The van der Waals surface area contributed by atoms with Gasteiger partial charge >= 0.3 is 0 Å². The van der Waals surface area contributed by atoms with Crippen molar-refractivity contribution in [2.75, 3.05) is 20.5 Å². The third-order valence-corrected chi connectivity index (χ3v) is 7.17. The van der Waals surface area contributed by atoms with Crippen LogP contribution in [0.2, 0.25) is 0 Å². The van der Waals surface area contributed by atoms with Gasteiger partial charge in [0.15, 0.2) is 21.3 Å². The number of fused-ring (bicyclic) bond motifs is 1. The predicted octanol–water partition coefficient (Wildman–Crippen LogP) is 1.70. The van der Waals surface area contributed by atoms with E-state index in [1.807, 2.05) is 12.1 Å². The second kappa shape index (κ2) is 5.72. The molecule has 0 saturated heterocycles. The van der Waals surface area contributed by atoms with Gasteiger partial charge in [0.2, 0.25) is 6.79 Å². The molecular weight excluding hydrogens is 342 g/mol. The van der Waals surface area contributed by atoms with Crippen molar-refractivity contribution in [1.29, 1.82) is 0 Å². The van der Waals surface area contributed by atoms with E-state index in [4.69, 9.17) is 19.9 Å². The highest BCUT2D eigenvalue weighted by atomic mass is 32.2. The van der Waals surface area contributed by atoms with Crippen LogP contribution < -0.4 is 15.2 Å². The zero-order valence-corrected chi connectivity index (χ0v) is 14.5. The van der Waals surface area contributed by atoms with E-state index < -0.39 is 20.6 Å². The summed E-state index contributed by atoms with van der Waals surface area (Å²) in [6.07, 6.45) is 0. The molecular formula is C18H19NO5S. The second-order valence-corrected chi connectivity index (χ2v) is 8.48. The van der Waals surface area contributed by atoms with Crippen LogP contribution in [0, 0.1) is 0 Å². The third kappa shape index (κ3) is 2.50. The summed E-state index contributed by atoms with van der Waals surface area (Å²) in [4.78, 5) is 0.272. The number of methoxy groups -OCH3 is 1. The van der Waals surface area contributed by atoms with Crippen molar-refractivity contribution in [3.05, 3.63) is 54.1 Å². The minimum Gasteiger partial charge on any atom is -0.454 e. The Labute approximate surface area is 146 Å². The summed E-state index contributed by atoms with van der Waals surface area (Å²) in [6, 6.07) is 13.8. The van der Waals surface area contributed by atoms with Gasteiger partial charge in [-0.3, -0.25) is 0 Å². The van der Waals surface area contributed by atoms with Gasteiger partial charge in [-0.2, -0.15) is 0 Å². The van der Waals surface area contributed by atoms with Crippen molar-refractivity contribution in [3.8, 4) is 11.5 Å². The van der Waals surface area contributed by atoms with Crippen LogP contribution in [0.5, 0.6) is 11.5 Å². The highest BCUT2D eigenvalue weighted by molar-refractivity contribution is 7.92. The molecule has 2 N–H and O–H groups in total. The van der Waals surface area contributed by atoms with Crippen molar-refractivity contribution in [2.45, 2.75) is 21.6 Å². The van der Waals surface area contributed by atoms with Gasteiger partial charge in [0, 0.05) is 13.0 Å². The minimum absolute atomic E-state index is 0.156. The van der Waals surface area contributed by atoms with Crippen molar-refractivity contribution in [1.82, 2.24) is 0 Å². The van der Waals surface area contributed by atoms with E-state index in [9.17, 15) is 8.42 Å². The summed E-state index contributed by atoms with van der Waals surface area (Å²) in [5.41, 5.74) is 6.31. The molecule has 0 amide bonds. The lowest BCUT2D eigenvalue weighted by molar-refractivity contribution is 0.171. The fraction of sp³-hybridized carbons (Fsp3) is 0.333. The lowest BCUT2D eigenvalue weighted by atomic mass is 10.1. The maximum atomic E-state index is 13.1. The highest BCUT2D eigenvalue weighted by Crippen LogP contribution is 2.56. The van der Waals surface area contributed by atoms with Crippen LogP contribution in [0.1, 0.15) is 11.5 Å². The summed E-state index contributed by atoms with van der Waals surface area (Å²) >= 11 is 0. The lowest BCUT2D eigenvalue weighted by Gasteiger charge is -2.11. The maximum absolute atomic E-state index is 13.1. The summed E-state index contributed by atoms with van der Waals surface area (Å²) in [7, 11) is -2.06. The Hall–Kier alpha value is -2.09. The molecule has 1 saturated carbocycles. The van der Waals surface area contributed by atoms with Crippen LogP contribution in [0.25, 0.3) is 0 Å². The molecule has 132 valence electrons. The molecule has 7 heteroatoms. The second-order valence-electron chi connectivity index (χ2n) is 6.41. The van der Waals surface area contributed by atoms with Gasteiger partial charge in [0.25, 0.3) is 0 Å². The van der Waals surface area contributed by atoms with Gasteiger partial charge in [-0.1, -0.05) is 24.3 Å². The molecule has 2 aliphatic rings. The first-order valence-corrected chi connectivity index (χ1v) is 9.49. The van der Waals surface area contributed by atoms with Gasteiger partial charge in [-0.25, -0.2) is 8.42 Å². The topological polar surface area (TPSA) is 87.8 Å². The Morgan fingerprint density at radius 3 is 2.60 bits per heavy atom. The maximum Gasteiger partial charge on any atom is 0.231 e. The van der Waals surface area contributed by atoms with Crippen molar-refractivity contribution < 1.29 is 22.6 Å². The fourth-order valence-electron chi connectivity index (χ4n) is 3.66. The van der Waals surface area contributed by atoms with E-state index in [0.717, 1.165) is 5.56 Å². The zero-order chi connectivity index (χ0) is 17.7. The molecule has 6 nitrogen and oxygen atoms in total. The number of ether oxygens (including phenoxy) is 3. The summed E-state index contributed by atoms with van der Waals surface area (Å²) in [5, 5.41) is -0.747. The van der Waals surface area contributed by atoms with Crippen molar-refractivity contribution >= 4 is 9.84 Å². The Bertz CT molecular complexity index is 899. The normalized spacial score (nSPS) is 27.3. The van der Waals surface area contributed by atoms with Crippen LogP contribution >= 0.6 is 0 Å². The quantitative estimate of drug-likeness (QED) is 0.872. The van der Waals surface area contributed by atoms with E-state index in [1.165, 1.54) is 7.11 Å². The summed E-state index contributed by atoms with van der Waals surface area (Å²) in [6.45, 7) is 0.323. The molecule has 4 rings (SSSR count). The summed E-state index contributed by atoms with van der Waals surface area (Å²) < 4.78 is 42.2. The molecule has 1 heterocycles. The SMILES string of the molecule is COC[C@]1(N)[C@H](c2ccc3c(c2)OCO3)[C@H]1S(=O)(=O)c1ccccc1. The number of hydrogen-bond donors (Lipinski definition) is 1. The van der Waals surface area contributed by atoms with Crippen molar-refractivity contribution in [3.63, 3.8) is 0 Å². The van der Waals surface area contributed by atoms with Crippen LogP contribution in [0.4, 0.5) is 0 Å². The average Bonchev–Trinajstić information content (AvgIpc) is 2.99. The van der Waals surface area contributed by atoms with Gasteiger partial charge < -0.3 is 19.9 Å². The van der Waals surface area contributed by atoms with Crippen LogP contribution in [0.15, 0.2) is 53.4 Å². The lowest BCUT2D eigenvalue weighted by Crippen LogP contribution is -2.35. The Morgan fingerprint density at radius 2 is 1.88 bits per heavy atom. The average molecular weight is 361 g/mol. The van der Waals surface area contributed by atoms with E-state index in [1.54, 1.807) is 36.4 Å². The molecule has 0 aromatic heterocycles. The van der Waals surface area contributed by atoms with Gasteiger partial charge in [-0.15, -0.1) is 0 Å². The number of sulfone groups is 1. The van der Waals surface area contributed by atoms with E-state index >= 15 is 0 Å². The molecule has 1 fully saturated rings. The first-order chi connectivity index (χ1) is 12.0. The Balaban J connectivity index is 1.74. The Kier molecular flexibility index (Phi) is 3.75. The predicted molar refractivity (Wildman–Crippen MR) is 91.5 cm³/mol. The molecule has 0 bridgehead atoms. The molecule has 25 heavy (non-hydrogen) atoms. The molecule has 1 aliphatic heterocycles. The standard InChI is InChI=1S/C18H19NO5S/c1-22-10-18(19)16(12-7-8-14-15(9-12)24-11-23-14)17(18)25(20,21)13-5-3-2-4-6-13/h2-9,16-17H,10-11,19H2,1H3/t16-,17-,18+/m1/s1. The first-order valence-electron chi connectivity index (χ1n) is 7.95. The molecule has 2 aromatic rings. The van der Waals surface area contributed by atoms with Crippen molar-refractivity contribution in [2.24, 2.45) is 5.73 Å². The first kappa shape index (κ1) is 16.4. The summed E-state index contributed by atoms with van der Waals surface area (Å²) in [5.74, 6) is 0.897. The number of hydrogen-bond acceptors (Lipinski definition) is 6. The molecule has 0 spiro atoms. The molecule has 0 unspecified atom stereocenters.